The minimum Gasteiger partial charge on any atom is -0.368 e. The molecule has 25 heavy (non-hydrogen) atoms. The molecule has 2 amide bonds. The van der Waals surface area contributed by atoms with E-state index in [2.05, 4.69) is 15.6 Å². The number of anilines is 2. The molecule has 1 aromatic heterocycles. The van der Waals surface area contributed by atoms with Crippen molar-refractivity contribution in [3.63, 3.8) is 0 Å². The summed E-state index contributed by atoms with van der Waals surface area (Å²) in [6.07, 6.45) is 2.06. The quantitative estimate of drug-likeness (QED) is 0.857. The van der Waals surface area contributed by atoms with Crippen LogP contribution in [0.3, 0.4) is 0 Å². The lowest BCUT2D eigenvalue weighted by Crippen LogP contribution is -2.27. The normalized spacial score (nSPS) is 16.6. The van der Waals surface area contributed by atoms with Gasteiger partial charge in [-0.05, 0) is 44.4 Å². The summed E-state index contributed by atoms with van der Waals surface area (Å²) in [5.74, 6) is -0.414. The van der Waals surface area contributed by atoms with Crippen LogP contribution in [-0.2, 0) is 16.0 Å². The highest BCUT2D eigenvalue weighted by Gasteiger charge is 2.23. The third-order valence-corrected chi connectivity index (χ3v) is 4.99. The van der Waals surface area contributed by atoms with E-state index in [1.807, 2.05) is 13.8 Å². The second kappa shape index (κ2) is 7.76. The van der Waals surface area contributed by atoms with Gasteiger partial charge in [-0.1, -0.05) is 13.0 Å². The maximum Gasteiger partial charge on any atom is 0.257 e. The van der Waals surface area contributed by atoms with Crippen molar-refractivity contribution >= 4 is 34.0 Å². The van der Waals surface area contributed by atoms with E-state index in [0.717, 1.165) is 29.8 Å². The number of nitrogens with zero attached hydrogens (tertiary/aromatic N) is 1. The Labute approximate surface area is 150 Å². The second-order valence-corrected chi connectivity index (χ2v) is 7.10. The molecular formula is C18H21N3O3S. The van der Waals surface area contributed by atoms with Crippen molar-refractivity contribution < 1.29 is 14.3 Å². The topological polar surface area (TPSA) is 80.3 Å². The largest absolute Gasteiger partial charge is 0.368 e. The number of carbonyl (C=O) groups is 2. The Kier molecular flexibility index (Phi) is 5.45. The van der Waals surface area contributed by atoms with E-state index in [9.17, 15) is 9.59 Å². The van der Waals surface area contributed by atoms with Crippen LogP contribution in [0.5, 0.6) is 0 Å². The van der Waals surface area contributed by atoms with E-state index in [4.69, 9.17) is 4.74 Å². The van der Waals surface area contributed by atoms with Gasteiger partial charge in [0.15, 0.2) is 5.13 Å². The van der Waals surface area contributed by atoms with Gasteiger partial charge >= 0.3 is 0 Å². The van der Waals surface area contributed by atoms with Crippen LogP contribution in [-0.4, -0.2) is 29.5 Å². The van der Waals surface area contributed by atoms with Crippen molar-refractivity contribution in [2.75, 3.05) is 17.2 Å². The monoisotopic (exact) mass is 359 g/mol. The van der Waals surface area contributed by atoms with Crippen molar-refractivity contribution in [2.45, 2.75) is 39.2 Å². The number of ether oxygens (including phenoxy) is 1. The number of rotatable bonds is 5. The molecule has 2 aromatic rings. The van der Waals surface area contributed by atoms with Crippen LogP contribution in [0.15, 0.2) is 24.3 Å². The number of amides is 2. The Morgan fingerprint density at radius 1 is 1.36 bits per heavy atom. The van der Waals surface area contributed by atoms with Crippen molar-refractivity contribution in [1.82, 2.24) is 4.98 Å². The predicted molar refractivity (Wildman–Crippen MR) is 98.2 cm³/mol. The Morgan fingerprint density at radius 3 is 2.88 bits per heavy atom. The molecule has 1 unspecified atom stereocenters. The van der Waals surface area contributed by atoms with E-state index in [0.29, 0.717) is 23.0 Å². The van der Waals surface area contributed by atoms with Gasteiger partial charge in [-0.15, -0.1) is 11.3 Å². The number of hydrogen-bond acceptors (Lipinski definition) is 5. The van der Waals surface area contributed by atoms with Crippen molar-refractivity contribution in [3.05, 3.63) is 40.4 Å². The summed E-state index contributed by atoms with van der Waals surface area (Å²) in [6, 6.07) is 6.86. The summed E-state index contributed by atoms with van der Waals surface area (Å²) in [5.41, 5.74) is 2.05. The van der Waals surface area contributed by atoms with E-state index in [1.54, 1.807) is 24.3 Å². The lowest BCUT2D eigenvalue weighted by atomic mass is 10.1. The number of carbonyl (C=O) groups excluding carboxylic acids is 2. The summed E-state index contributed by atoms with van der Waals surface area (Å²) in [4.78, 5) is 30.1. The third-order valence-electron chi connectivity index (χ3n) is 4.06. The zero-order valence-electron chi connectivity index (χ0n) is 14.3. The molecule has 0 radical (unpaired) electrons. The van der Waals surface area contributed by atoms with Crippen LogP contribution in [0.1, 0.15) is 40.7 Å². The molecule has 0 bridgehead atoms. The number of hydrogen-bond donors (Lipinski definition) is 2. The maximum absolute atomic E-state index is 12.4. The number of benzene rings is 1. The van der Waals surface area contributed by atoms with E-state index in [-0.39, 0.29) is 11.8 Å². The van der Waals surface area contributed by atoms with Crippen molar-refractivity contribution in [2.24, 2.45) is 0 Å². The zero-order valence-corrected chi connectivity index (χ0v) is 15.1. The smallest absolute Gasteiger partial charge is 0.257 e. The summed E-state index contributed by atoms with van der Waals surface area (Å²) in [7, 11) is 0. The van der Waals surface area contributed by atoms with Gasteiger partial charge < -0.3 is 10.1 Å². The van der Waals surface area contributed by atoms with Crippen LogP contribution in [0.25, 0.3) is 0 Å². The second-order valence-electron chi connectivity index (χ2n) is 5.90. The number of thiazole rings is 1. The molecule has 0 spiro atoms. The minimum atomic E-state index is -0.400. The molecular weight excluding hydrogens is 338 g/mol. The molecule has 1 saturated heterocycles. The fourth-order valence-corrected chi connectivity index (χ4v) is 3.62. The molecule has 1 atom stereocenters. The molecule has 6 nitrogen and oxygen atoms in total. The molecule has 0 saturated carbocycles. The molecule has 2 heterocycles. The Morgan fingerprint density at radius 2 is 2.20 bits per heavy atom. The molecule has 1 fully saturated rings. The summed E-state index contributed by atoms with van der Waals surface area (Å²) >= 11 is 1.46. The highest BCUT2D eigenvalue weighted by atomic mass is 32.1. The summed E-state index contributed by atoms with van der Waals surface area (Å²) in [5, 5.41) is 6.22. The van der Waals surface area contributed by atoms with Gasteiger partial charge in [0, 0.05) is 22.7 Å². The molecule has 1 aliphatic rings. The SMILES string of the molecule is CCc1nc(NC(=O)c2cccc(NC(=O)C3CCCO3)c2)sc1C. The molecule has 1 aromatic carbocycles. The molecule has 3 rings (SSSR count). The van der Waals surface area contributed by atoms with E-state index < -0.39 is 6.10 Å². The first-order valence-electron chi connectivity index (χ1n) is 8.37. The number of nitrogens with one attached hydrogen (secondary N) is 2. The van der Waals surface area contributed by atoms with Crippen LogP contribution >= 0.6 is 11.3 Å². The molecule has 2 N–H and O–H groups in total. The summed E-state index contributed by atoms with van der Waals surface area (Å²) < 4.78 is 5.37. The van der Waals surface area contributed by atoms with Crippen LogP contribution in [0, 0.1) is 6.92 Å². The lowest BCUT2D eigenvalue weighted by Gasteiger charge is -2.11. The predicted octanol–water partition coefficient (Wildman–Crippen LogP) is 3.38. The Bertz CT molecular complexity index is 782. The first kappa shape index (κ1) is 17.6. The van der Waals surface area contributed by atoms with Gasteiger partial charge in [-0.2, -0.15) is 0 Å². The molecule has 132 valence electrons. The molecule has 7 heteroatoms. The van der Waals surface area contributed by atoms with Gasteiger partial charge in [0.1, 0.15) is 6.10 Å². The first-order valence-corrected chi connectivity index (χ1v) is 9.18. The fraction of sp³-hybridized carbons (Fsp3) is 0.389. The van der Waals surface area contributed by atoms with Gasteiger partial charge in [0.2, 0.25) is 0 Å². The zero-order chi connectivity index (χ0) is 17.8. The van der Waals surface area contributed by atoms with Crippen LogP contribution in [0.4, 0.5) is 10.8 Å². The number of aromatic nitrogens is 1. The molecule has 1 aliphatic heterocycles. The van der Waals surface area contributed by atoms with E-state index >= 15 is 0 Å². The van der Waals surface area contributed by atoms with Crippen LogP contribution < -0.4 is 10.6 Å². The third kappa shape index (κ3) is 4.24. The highest BCUT2D eigenvalue weighted by Crippen LogP contribution is 2.23. The minimum absolute atomic E-state index is 0.168. The van der Waals surface area contributed by atoms with Gasteiger partial charge in [0.05, 0.1) is 5.69 Å². The van der Waals surface area contributed by atoms with Crippen molar-refractivity contribution in [3.8, 4) is 0 Å². The van der Waals surface area contributed by atoms with Gasteiger partial charge in [-0.3, -0.25) is 14.9 Å². The van der Waals surface area contributed by atoms with Gasteiger partial charge in [0.25, 0.3) is 11.8 Å². The average Bonchev–Trinajstić information content (AvgIpc) is 3.24. The summed E-state index contributed by atoms with van der Waals surface area (Å²) in [6.45, 7) is 4.65. The fourth-order valence-electron chi connectivity index (χ4n) is 2.72. The van der Waals surface area contributed by atoms with Gasteiger partial charge in [-0.25, -0.2) is 4.98 Å². The first-order chi connectivity index (χ1) is 12.1. The number of aryl methyl sites for hydroxylation is 2. The standard InChI is InChI=1S/C18H21N3O3S/c1-3-14-11(2)25-18(20-14)21-16(22)12-6-4-7-13(10-12)19-17(23)15-8-5-9-24-15/h4,6-7,10,15H,3,5,8-9H2,1-2H3,(H,19,23)(H,20,21,22). The molecule has 0 aliphatic carbocycles. The Balaban J connectivity index is 1.67. The van der Waals surface area contributed by atoms with Crippen LogP contribution in [0.2, 0.25) is 0 Å². The lowest BCUT2D eigenvalue weighted by molar-refractivity contribution is -0.124. The van der Waals surface area contributed by atoms with E-state index in [1.165, 1.54) is 11.3 Å². The average molecular weight is 359 g/mol. The maximum atomic E-state index is 12.4. The van der Waals surface area contributed by atoms with Crippen molar-refractivity contribution in [1.29, 1.82) is 0 Å². The Hall–Kier alpha value is -2.25. The highest BCUT2D eigenvalue weighted by molar-refractivity contribution is 7.15.